The summed E-state index contributed by atoms with van der Waals surface area (Å²) < 4.78 is 9.59. The summed E-state index contributed by atoms with van der Waals surface area (Å²) in [7, 11) is 0. The lowest BCUT2D eigenvalue weighted by Crippen LogP contribution is -2.33. The second-order valence-electron chi connectivity index (χ2n) is 2.41. The van der Waals surface area contributed by atoms with E-state index in [1.165, 1.54) is 0 Å². The Balaban J connectivity index is 2.03. The largest absolute Gasteiger partial charge is 0.394 e. The first kappa shape index (κ1) is 8.89. The minimum absolute atomic E-state index is 0.00755. The van der Waals surface area contributed by atoms with Crippen LogP contribution in [0.25, 0.3) is 0 Å². The van der Waals surface area contributed by atoms with Gasteiger partial charge >= 0.3 is 0 Å². The van der Waals surface area contributed by atoms with Crippen LogP contribution in [-0.2, 0) is 9.47 Å². The van der Waals surface area contributed by atoms with Crippen molar-refractivity contribution in [3.05, 3.63) is 0 Å². The molecule has 1 rings (SSSR count). The van der Waals surface area contributed by atoms with Gasteiger partial charge in [0, 0.05) is 0 Å². The van der Waals surface area contributed by atoms with Crippen molar-refractivity contribution in [2.75, 3.05) is 19.8 Å². The lowest BCUT2D eigenvalue weighted by Gasteiger charge is -2.14. The molecule has 1 unspecified atom stereocenters. The zero-order valence-electron chi connectivity index (χ0n) is 6.01. The Hall–Kier alpha value is -0.200. The van der Waals surface area contributed by atoms with Crippen molar-refractivity contribution in [3.63, 3.8) is 0 Å². The molecule has 5 heteroatoms. The summed E-state index contributed by atoms with van der Waals surface area (Å²) in [5, 5.41) is 26.2. The molecule has 3 N–H and O–H groups in total. The van der Waals surface area contributed by atoms with Gasteiger partial charge in [-0.25, -0.2) is 0 Å². The van der Waals surface area contributed by atoms with E-state index in [1.54, 1.807) is 0 Å². The molecule has 0 aromatic carbocycles. The zero-order chi connectivity index (χ0) is 8.27. The van der Waals surface area contributed by atoms with E-state index >= 15 is 0 Å². The number of hydrogen-bond acceptors (Lipinski definition) is 5. The Morgan fingerprint density at radius 1 is 1.45 bits per heavy atom. The molecular formula is C6H12O5. The SMILES string of the molecule is OC[C@@H](O)[C@@H](O)COC1CO1. The number of hydrogen-bond donors (Lipinski definition) is 3. The van der Waals surface area contributed by atoms with Crippen molar-refractivity contribution in [2.45, 2.75) is 18.5 Å². The van der Waals surface area contributed by atoms with Crippen LogP contribution >= 0.6 is 0 Å². The van der Waals surface area contributed by atoms with Gasteiger partial charge in [0.15, 0.2) is 6.29 Å². The van der Waals surface area contributed by atoms with Crippen LogP contribution in [0.3, 0.4) is 0 Å². The molecule has 1 aliphatic rings. The number of rotatable bonds is 5. The Morgan fingerprint density at radius 3 is 2.55 bits per heavy atom. The molecule has 0 saturated carbocycles. The average Bonchev–Trinajstić information content (AvgIpc) is 2.81. The monoisotopic (exact) mass is 164 g/mol. The molecule has 11 heavy (non-hydrogen) atoms. The fourth-order valence-electron chi connectivity index (χ4n) is 0.574. The van der Waals surface area contributed by atoms with Crippen molar-refractivity contribution < 1.29 is 24.8 Å². The molecule has 0 bridgehead atoms. The van der Waals surface area contributed by atoms with Crippen LogP contribution in [0.4, 0.5) is 0 Å². The van der Waals surface area contributed by atoms with Crippen LogP contribution in [0.1, 0.15) is 0 Å². The van der Waals surface area contributed by atoms with E-state index in [-0.39, 0.29) is 12.9 Å². The standard InChI is InChI=1S/C6H12O5/c7-1-4(8)5(9)2-10-6-3-11-6/h4-9H,1-3H2/t4-,5+,6?/m1/s1. The van der Waals surface area contributed by atoms with Gasteiger partial charge < -0.3 is 24.8 Å². The van der Waals surface area contributed by atoms with Crippen LogP contribution in [0.15, 0.2) is 0 Å². The third-order valence-electron chi connectivity index (χ3n) is 1.39. The van der Waals surface area contributed by atoms with Gasteiger partial charge in [0.05, 0.1) is 13.2 Å². The Labute approximate surface area is 64.2 Å². The minimum atomic E-state index is -1.13. The van der Waals surface area contributed by atoms with E-state index in [1.807, 2.05) is 0 Å². The molecule has 1 heterocycles. The van der Waals surface area contributed by atoms with E-state index in [4.69, 9.17) is 24.8 Å². The normalized spacial score (nSPS) is 28.1. The van der Waals surface area contributed by atoms with Crippen LogP contribution in [-0.4, -0.2) is 53.6 Å². The van der Waals surface area contributed by atoms with E-state index in [0.29, 0.717) is 6.61 Å². The average molecular weight is 164 g/mol. The summed E-state index contributed by atoms with van der Waals surface area (Å²) in [6.45, 7) is 0.0738. The summed E-state index contributed by atoms with van der Waals surface area (Å²) in [5.74, 6) is 0. The third-order valence-corrected chi connectivity index (χ3v) is 1.39. The predicted octanol–water partition coefficient (Wildman–Crippen LogP) is -1.93. The minimum Gasteiger partial charge on any atom is -0.394 e. The van der Waals surface area contributed by atoms with E-state index in [2.05, 4.69) is 0 Å². The molecule has 0 spiro atoms. The highest BCUT2D eigenvalue weighted by Gasteiger charge is 2.25. The molecule has 0 amide bonds. The van der Waals surface area contributed by atoms with Gasteiger partial charge in [-0.15, -0.1) is 0 Å². The fraction of sp³-hybridized carbons (Fsp3) is 1.00. The highest BCUT2D eigenvalue weighted by atomic mass is 16.8. The summed E-state index contributed by atoms with van der Waals surface area (Å²) in [6, 6.07) is 0. The van der Waals surface area contributed by atoms with Gasteiger partial charge in [-0.3, -0.25) is 0 Å². The summed E-state index contributed by atoms with van der Waals surface area (Å²) >= 11 is 0. The molecule has 1 aliphatic heterocycles. The van der Waals surface area contributed by atoms with Gasteiger partial charge in [0.1, 0.15) is 18.8 Å². The molecular weight excluding hydrogens is 152 g/mol. The number of aliphatic hydroxyl groups excluding tert-OH is 3. The quantitative estimate of drug-likeness (QED) is 0.412. The number of epoxide rings is 1. The molecule has 3 atom stereocenters. The van der Waals surface area contributed by atoms with Crippen molar-refractivity contribution in [2.24, 2.45) is 0 Å². The molecule has 5 nitrogen and oxygen atoms in total. The maximum Gasteiger partial charge on any atom is 0.181 e. The topological polar surface area (TPSA) is 82.5 Å². The van der Waals surface area contributed by atoms with Crippen molar-refractivity contribution in [1.29, 1.82) is 0 Å². The van der Waals surface area contributed by atoms with E-state index in [0.717, 1.165) is 0 Å². The smallest absolute Gasteiger partial charge is 0.181 e. The zero-order valence-corrected chi connectivity index (χ0v) is 6.01. The van der Waals surface area contributed by atoms with Gasteiger partial charge in [-0.1, -0.05) is 0 Å². The molecule has 0 aromatic heterocycles. The van der Waals surface area contributed by atoms with Crippen molar-refractivity contribution >= 4 is 0 Å². The summed E-state index contributed by atoms with van der Waals surface area (Å²) in [6.07, 6.45) is -2.39. The van der Waals surface area contributed by atoms with Crippen LogP contribution in [0, 0.1) is 0 Å². The second kappa shape index (κ2) is 3.99. The molecule has 0 radical (unpaired) electrons. The Bertz CT molecular complexity index is 114. The molecule has 1 fully saturated rings. The van der Waals surface area contributed by atoms with Crippen molar-refractivity contribution in [1.82, 2.24) is 0 Å². The summed E-state index contributed by atoms with van der Waals surface area (Å²) in [5.41, 5.74) is 0. The molecule has 0 aromatic rings. The first-order chi connectivity index (χ1) is 5.24. The molecule has 0 aliphatic carbocycles. The molecule has 66 valence electrons. The molecule has 1 saturated heterocycles. The predicted molar refractivity (Wildman–Crippen MR) is 34.8 cm³/mol. The number of aliphatic hydroxyl groups is 3. The third kappa shape index (κ3) is 3.13. The van der Waals surface area contributed by atoms with Crippen LogP contribution < -0.4 is 0 Å². The van der Waals surface area contributed by atoms with E-state index in [9.17, 15) is 0 Å². The lowest BCUT2D eigenvalue weighted by atomic mass is 10.2. The van der Waals surface area contributed by atoms with Gasteiger partial charge in [-0.2, -0.15) is 0 Å². The van der Waals surface area contributed by atoms with Gasteiger partial charge in [-0.05, 0) is 0 Å². The highest BCUT2D eigenvalue weighted by Crippen LogP contribution is 2.10. The second-order valence-corrected chi connectivity index (χ2v) is 2.41. The van der Waals surface area contributed by atoms with Crippen molar-refractivity contribution in [3.8, 4) is 0 Å². The Kier molecular flexibility index (Phi) is 3.22. The number of ether oxygens (including phenoxy) is 2. The van der Waals surface area contributed by atoms with Crippen LogP contribution in [0.2, 0.25) is 0 Å². The highest BCUT2D eigenvalue weighted by molar-refractivity contribution is 4.66. The van der Waals surface area contributed by atoms with Gasteiger partial charge in [0.25, 0.3) is 0 Å². The van der Waals surface area contributed by atoms with Gasteiger partial charge in [0.2, 0.25) is 0 Å². The Morgan fingerprint density at radius 2 is 2.09 bits per heavy atom. The summed E-state index contributed by atoms with van der Waals surface area (Å²) in [4.78, 5) is 0. The van der Waals surface area contributed by atoms with Crippen LogP contribution in [0.5, 0.6) is 0 Å². The fourth-order valence-corrected chi connectivity index (χ4v) is 0.574. The first-order valence-electron chi connectivity index (χ1n) is 3.44. The maximum atomic E-state index is 9.00. The maximum absolute atomic E-state index is 9.00. The van der Waals surface area contributed by atoms with E-state index < -0.39 is 18.8 Å². The lowest BCUT2D eigenvalue weighted by molar-refractivity contribution is -0.0733. The first-order valence-corrected chi connectivity index (χ1v) is 3.44.